The van der Waals surface area contributed by atoms with E-state index < -0.39 is 10.0 Å². The van der Waals surface area contributed by atoms with Crippen LogP contribution in [-0.2, 0) is 14.8 Å². The molecular weight excluding hydrogens is 278 g/mol. The molecule has 1 aromatic rings. The Balaban J connectivity index is 2.10. The quantitative estimate of drug-likeness (QED) is 0.773. The summed E-state index contributed by atoms with van der Waals surface area (Å²) in [6.07, 6.45) is 2.68. The van der Waals surface area contributed by atoms with Gasteiger partial charge < -0.3 is 10.6 Å². The lowest BCUT2D eigenvalue weighted by molar-refractivity contribution is -0.120. The zero-order chi connectivity index (χ0) is 14.6. The molecule has 3 N–H and O–H groups in total. The molecule has 1 aliphatic rings. The lowest BCUT2D eigenvalue weighted by Crippen LogP contribution is -2.34. The molecule has 0 atom stereocenters. The maximum Gasteiger partial charge on any atom is 0.229 e. The predicted octanol–water partition coefficient (Wildman–Crippen LogP) is 0.996. The smallest absolute Gasteiger partial charge is 0.229 e. The highest BCUT2D eigenvalue weighted by Gasteiger charge is 2.21. The number of amides is 1. The van der Waals surface area contributed by atoms with Gasteiger partial charge in [0.15, 0.2) is 0 Å². The van der Waals surface area contributed by atoms with Gasteiger partial charge in [0, 0.05) is 5.92 Å². The highest BCUT2D eigenvalue weighted by Crippen LogP contribution is 2.23. The van der Waals surface area contributed by atoms with Gasteiger partial charge in [0.1, 0.15) is 0 Å². The van der Waals surface area contributed by atoms with E-state index in [9.17, 15) is 13.2 Å². The lowest BCUT2D eigenvalue weighted by Gasteiger charge is -2.22. The number of carbonyl (C=O) groups excluding carboxylic acids is 1. The summed E-state index contributed by atoms with van der Waals surface area (Å²) in [5.41, 5.74) is 0.874. The van der Waals surface area contributed by atoms with Crippen molar-refractivity contribution in [1.82, 2.24) is 5.32 Å². The average Bonchev–Trinajstić information content (AvgIpc) is 2.40. The first-order chi connectivity index (χ1) is 9.46. The molecule has 1 aliphatic heterocycles. The van der Waals surface area contributed by atoms with Gasteiger partial charge in [-0.1, -0.05) is 12.1 Å². The van der Waals surface area contributed by atoms with Crippen LogP contribution in [0.25, 0.3) is 0 Å². The van der Waals surface area contributed by atoms with Crippen molar-refractivity contribution >= 4 is 27.3 Å². The fraction of sp³-hybridized carbons (Fsp3) is 0.462. The van der Waals surface area contributed by atoms with Crippen molar-refractivity contribution in [2.24, 2.45) is 5.92 Å². The summed E-state index contributed by atoms with van der Waals surface area (Å²) in [5.74, 6) is -0.0863. The summed E-state index contributed by atoms with van der Waals surface area (Å²) >= 11 is 0. The monoisotopic (exact) mass is 297 g/mol. The molecule has 0 aromatic heterocycles. The average molecular weight is 297 g/mol. The number of benzene rings is 1. The predicted molar refractivity (Wildman–Crippen MR) is 79.1 cm³/mol. The number of hydrogen-bond donors (Lipinski definition) is 3. The molecule has 110 valence electrons. The van der Waals surface area contributed by atoms with Crippen molar-refractivity contribution in [1.29, 1.82) is 0 Å². The van der Waals surface area contributed by atoms with Crippen LogP contribution in [0.4, 0.5) is 11.4 Å². The SMILES string of the molecule is CS(=O)(=O)Nc1ccccc1NC(=O)C1CCNCC1. The summed E-state index contributed by atoms with van der Waals surface area (Å²) in [6.45, 7) is 1.67. The number of rotatable bonds is 4. The van der Waals surface area contributed by atoms with Crippen LogP contribution in [0.15, 0.2) is 24.3 Å². The number of para-hydroxylation sites is 2. The fourth-order valence-corrected chi connectivity index (χ4v) is 2.78. The van der Waals surface area contributed by atoms with Crippen molar-refractivity contribution in [3.8, 4) is 0 Å². The Morgan fingerprint density at radius 3 is 2.40 bits per heavy atom. The van der Waals surface area contributed by atoms with E-state index in [1.165, 1.54) is 0 Å². The molecule has 1 heterocycles. The van der Waals surface area contributed by atoms with E-state index in [4.69, 9.17) is 0 Å². The molecule has 6 nitrogen and oxygen atoms in total. The summed E-state index contributed by atoms with van der Waals surface area (Å²) in [6, 6.07) is 6.78. The zero-order valence-corrected chi connectivity index (χ0v) is 12.2. The largest absolute Gasteiger partial charge is 0.324 e. The number of nitrogens with one attached hydrogen (secondary N) is 3. The highest BCUT2D eigenvalue weighted by molar-refractivity contribution is 7.92. The molecule has 7 heteroatoms. The van der Waals surface area contributed by atoms with Crippen molar-refractivity contribution in [2.75, 3.05) is 29.4 Å². The van der Waals surface area contributed by atoms with E-state index in [1.807, 2.05) is 0 Å². The summed E-state index contributed by atoms with van der Waals surface area (Å²) < 4.78 is 25.0. The third-order valence-corrected chi connectivity index (χ3v) is 3.78. The second-order valence-corrected chi connectivity index (χ2v) is 6.68. The van der Waals surface area contributed by atoms with Crippen LogP contribution >= 0.6 is 0 Å². The molecular formula is C13H19N3O3S. The van der Waals surface area contributed by atoms with Crippen molar-refractivity contribution < 1.29 is 13.2 Å². The Kier molecular flexibility index (Phi) is 4.61. The molecule has 0 unspecified atom stereocenters. The van der Waals surface area contributed by atoms with Gasteiger partial charge in [-0.2, -0.15) is 0 Å². The molecule has 0 saturated carbocycles. The van der Waals surface area contributed by atoms with E-state index in [-0.39, 0.29) is 11.8 Å². The van der Waals surface area contributed by atoms with E-state index in [0.29, 0.717) is 11.4 Å². The molecule has 0 aliphatic carbocycles. The second kappa shape index (κ2) is 6.23. The van der Waals surface area contributed by atoms with Gasteiger partial charge in [-0.05, 0) is 38.1 Å². The van der Waals surface area contributed by atoms with Crippen LogP contribution < -0.4 is 15.4 Å². The van der Waals surface area contributed by atoms with Crippen molar-refractivity contribution in [3.05, 3.63) is 24.3 Å². The molecule has 0 spiro atoms. The molecule has 20 heavy (non-hydrogen) atoms. The van der Waals surface area contributed by atoms with Crippen LogP contribution in [0, 0.1) is 5.92 Å². The summed E-state index contributed by atoms with van der Waals surface area (Å²) in [7, 11) is -3.37. The Morgan fingerprint density at radius 1 is 1.20 bits per heavy atom. The number of sulfonamides is 1. The van der Waals surface area contributed by atoms with Gasteiger partial charge in [0.05, 0.1) is 17.6 Å². The highest BCUT2D eigenvalue weighted by atomic mass is 32.2. The van der Waals surface area contributed by atoms with Gasteiger partial charge >= 0.3 is 0 Å². The van der Waals surface area contributed by atoms with Gasteiger partial charge in [-0.15, -0.1) is 0 Å². The number of hydrogen-bond acceptors (Lipinski definition) is 4. The van der Waals surface area contributed by atoms with Gasteiger partial charge in [-0.3, -0.25) is 9.52 Å². The first-order valence-corrected chi connectivity index (χ1v) is 8.43. The van der Waals surface area contributed by atoms with Crippen LogP contribution in [-0.4, -0.2) is 33.7 Å². The Hall–Kier alpha value is -1.60. The van der Waals surface area contributed by atoms with Gasteiger partial charge in [-0.25, -0.2) is 8.42 Å². The second-order valence-electron chi connectivity index (χ2n) is 4.93. The van der Waals surface area contributed by atoms with E-state index in [2.05, 4.69) is 15.4 Å². The minimum Gasteiger partial charge on any atom is -0.324 e. The first kappa shape index (κ1) is 14.8. The van der Waals surface area contributed by atoms with Crippen LogP contribution in [0.3, 0.4) is 0 Å². The number of piperidine rings is 1. The maximum absolute atomic E-state index is 12.2. The van der Waals surface area contributed by atoms with Crippen LogP contribution in [0.2, 0.25) is 0 Å². The maximum atomic E-state index is 12.2. The molecule has 2 rings (SSSR count). The van der Waals surface area contributed by atoms with Crippen LogP contribution in [0.1, 0.15) is 12.8 Å². The summed E-state index contributed by atoms with van der Waals surface area (Å²) in [5, 5.41) is 6.01. The molecule has 1 aromatic carbocycles. The number of anilines is 2. The fourth-order valence-electron chi connectivity index (χ4n) is 2.20. The number of carbonyl (C=O) groups is 1. The topological polar surface area (TPSA) is 87.3 Å². The molecule has 0 bridgehead atoms. The van der Waals surface area contributed by atoms with Crippen LogP contribution in [0.5, 0.6) is 0 Å². The van der Waals surface area contributed by atoms with E-state index >= 15 is 0 Å². The molecule has 1 saturated heterocycles. The molecule has 1 amide bonds. The molecule has 1 fully saturated rings. The van der Waals surface area contributed by atoms with Gasteiger partial charge in [0.2, 0.25) is 15.9 Å². The summed E-state index contributed by atoms with van der Waals surface area (Å²) in [4.78, 5) is 12.2. The lowest BCUT2D eigenvalue weighted by atomic mass is 9.97. The third-order valence-electron chi connectivity index (χ3n) is 3.19. The minimum absolute atomic E-state index is 0.0254. The van der Waals surface area contributed by atoms with Gasteiger partial charge in [0.25, 0.3) is 0 Å². The third kappa shape index (κ3) is 4.21. The van der Waals surface area contributed by atoms with Crippen molar-refractivity contribution in [3.63, 3.8) is 0 Å². The Labute approximate surface area is 119 Å². The standard InChI is InChI=1S/C13H19N3O3S/c1-20(18,19)16-12-5-3-2-4-11(12)15-13(17)10-6-8-14-9-7-10/h2-5,10,14,16H,6-9H2,1H3,(H,15,17). The molecule has 0 radical (unpaired) electrons. The van der Waals surface area contributed by atoms with E-state index in [0.717, 1.165) is 32.2 Å². The zero-order valence-electron chi connectivity index (χ0n) is 11.3. The Bertz CT molecular complexity index is 580. The normalized spacial score (nSPS) is 16.6. The van der Waals surface area contributed by atoms with Crippen molar-refractivity contribution in [2.45, 2.75) is 12.8 Å². The Morgan fingerprint density at radius 2 is 1.80 bits per heavy atom. The minimum atomic E-state index is -3.37. The first-order valence-electron chi connectivity index (χ1n) is 6.54. The van der Waals surface area contributed by atoms with E-state index in [1.54, 1.807) is 24.3 Å².